The Morgan fingerprint density at radius 2 is 1.48 bits per heavy atom. The first-order chi connectivity index (χ1) is 13.9. The predicted molar refractivity (Wildman–Crippen MR) is 125 cm³/mol. The van der Waals surface area contributed by atoms with Gasteiger partial charge >= 0.3 is 0 Å². The van der Waals surface area contributed by atoms with Crippen molar-refractivity contribution in [3.05, 3.63) is 34.4 Å². The number of aromatic hydroxyl groups is 1. The highest BCUT2D eigenvalue weighted by atomic mass is 16.5. The summed E-state index contributed by atoms with van der Waals surface area (Å²) in [5.41, 5.74) is 4.09. The lowest BCUT2D eigenvalue weighted by Crippen LogP contribution is -2.36. The maximum Gasteiger partial charge on any atom is 0.127 e. The molecule has 2 rings (SSSR count). The van der Waals surface area contributed by atoms with Crippen LogP contribution < -0.4 is 4.74 Å². The largest absolute Gasteiger partial charge is 0.507 e. The summed E-state index contributed by atoms with van der Waals surface area (Å²) in [4.78, 5) is 0. The lowest BCUT2D eigenvalue weighted by atomic mass is 9.85. The van der Waals surface area contributed by atoms with E-state index in [1.807, 2.05) is 13.8 Å². The molecule has 1 aliphatic heterocycles. The SMILES string of the molecule is CCCCCCCCCCCC=CC[C@]1(C)CCc2c(C)c(O)c(C)c(C)c2O1. The lowest BCUT2D eigenvalue weighted by molar-refractivity contribution is 0.0666. The fourth-order valence-electron chi connectivity index (χ4n) is 4.46. The fraction of sp³-hybridized carbons (Fsp3) is 0.704. The van der Waals surface area contributed by atoms with Crippen molar-refractivity contribution >= 4 is 0 Å². The van der Waals surface area contributed by atoms with E-state index in [2.05, 4.69) is 32.9 Å². The molecule has 0 aliphatic carbocycles. The van der Waals surface area contributed by atoms with Gasteiger partial charge in [0, 0.05) is 12.0 Å². The Morgan fingerprint density at radius 1 is 0.862 bits per heavy atom. The minimum atomic E-state index is -0.136. The summed E-state index contributed by atoms with van der Waals surface area (Å²) in [6.45, 7) is 10.6. The Bertz CT molecular complexity index is 674. The summed E-state index contributed by atoms with van der Waals surface area (Å²) in [6, 6.07) is 0. The quantitative estimate of drug-likeness (QED) is 0.282. The number of ether oxygens (including phenoxy) is 1. The molecule has 1 N–H and O–H groups in total. The second kappa shape index (κ2) is 11.7. The summed E-state index contributed by atoms with van der Waals surface area (Å²) in [6.07, 6.45) is 21.3. The van der Waals surface area contributed by atoms with Crippen molar-refractivity contribution in [2.75, 3.05) is 0 Å². The molecule has 0 radical (unpaired) electrons. The van der Waals surface area contributed by atoms with E-state index < -0.39 is 0 Å². The van der Waals surface area contributed by atoms with Crippen LogP contribution >= 0.6 is 0 Å². The maximum absolute atomic E-state index is 10.3. The number of hydrogen-bond acceptors (Lipinski definition) is 2. The summed E-state index contributed by atoms with van der Waals surface area (Å²) >= 11 is 0. The van der Waals surface area contributed by atoms with Crippen molar-refractivity contribution < 1.29 is 9.84 Å². The third-order valence-corrected chi connectivity index (χ3v) is 6.78. The van der Waals surface area contributed by atoms with Crippen LogP contribution in [0, 0.1) is 20.8 Å². The van der Waals surface area contributed by atoms with Crippen molar-refractivity contribution in [2.24, 2.45) is 0 Å². The van der Waals surface area contributed by atoms with Crippen molar-refractivity contribution in [3.63, 3.8) is 0 Å². The van der Waals surface area contributed by atoms with Crippen molar-refractivity contribution in [3.8, 4) is 11.5 Å². The minimum Gasteiger partial charge on any atom is -0.507 e. The molecule has 0 bridgehead atoms. The molecule has 0 fully saturated rings. The van der Waals surface area contributed by atoms with Crippen LogP contribution in [0.4, 0.5) is 0 Å². The molecule has 1 aliphatic rings. The van der Waals surface area contributed by atoms with Crippen LogP contribution in [-0.4, -0.2) is 10.7 Å². The zero-order valence-electron chi connectivity index (χ0n) is 19.7. The van der Waals surface area contributed by atoms with Gasteiger partial charge in [-0.25, -0.2) is 0 Å². The molecule has 1 aromatic carbocycles. The number of allylic oxidation sites excluding steroid dienone is 1. The summed E-state index contributed by atoms with van der Waals surface area (Å²) in [5.74, 6) is 1.45. The normalized spacial score (nSPS) is 18.8. The highest BCUT2D eigenvalue weighted by molar-refractivity contribution is 5.58. The second-order valence-electron chi connectivity index (χ2n) is 9.38. The molecule has 0 saturated carbocycles. The predicted octanol–water partition coefficient (Wildman–Crippen LogP) is 8.27. The topological polar surface area (TPSA) is 29.5 Å². The molecule has 1 atom stereocenters. The van der Waals surface area contributed by atoms with Gasteiger partial charge in [0.15, 0.2) is 0 Å². The molecule has 164 valence electrons. The van der Waals surface area contributed by atoms with E-state index in [0.717, 1.165) is 41.7 Å². The number of phenols is 1. The standard InChI is InChI=1S/C27H44O2/c1-6-7-8-9-10-11-12-13-14-15-16-17-19-27(5)20-18-24-23(4)25(28)21(2)22(3)26(24)29-27/h16-17,28H,6-15,18-20H2,1-5H3/t27-/m1/s1. The van der Waals surface area contributed by atoms with Gasteiger partial charge in [-0.3, -0.25) is 0 Å². The molecule has 0 aromatic heterocycles. The number of fused-ring (bicyclic) bond motifs is 1. The molecule has 1 aromatic rings. The molecule has 0 saturated heterocycles. The van der Waals surface area contributed by atoms with Gasteiger partial charge in [-0.2, -0.15) is 0 Å². The van der Waals surface area contributed by atoms with Gasteiger partial charge in [-0.05, 0) is 70.1 Å². The number of rotatable bonds is 12. The number of phenolic OH excluding ortho intramolecular Hbond substituents is 1. The number of unbranched alkanes of at least 4 members (excludes halogenated alkanes) is 9. The third kappa shape index (κ3) is 6.79. The summed E-state index contributed by atoms with van der Waals surface area (Å²) in [5, 5.41) is 10.3. The monoisotopic (exact) mass is 400 g/mol. The van der Waals surface area contributed by atoms with Crippen molar-refractivity contribution in [2.45, 2.75) is 124 Å². The molecule has 29 heavy (non-hydrogen) atoms. The van der Waals surface area contributed by atoms with Crippen LogP contribution in [0.25, 0.3) is 0 Å². The molecular weight excluding hydrogens is 356 g/mol. The van der Waals surface area contributed by atoms with Crippen LogP contribution in [0.15, 0.2) is 12.2 Å². The Hall–Kier alpha value is -1.44. The van der Waals surface area contributed by atoms with Crippen LogP contribution in [-0.2, 0) is 6.42 Å². The maximum atomic E-state index is 10.3. The molecule has 0 unspecified atom stereocenters. The van der Waals surface area contributed by atoms with E-state index in [-0.39, 0.29) is 5.60 Å². The van der Waals surface area contributed by atoms with E-state index in [1.165, 1.54) is 69.8 Å². The highest BCUT2D eigenvalue weighted by Gasteiger charge is 2.33. The second-order valence-corrected chi connectivity index (χ2v) is 9.38. The van der Waals surface area contributed by atoms with Gasteiger partial charge in [0.2, 0.25) is 0 Å². The first-order valence-electron chi connectivity index (χ1n) is 12.0. The number of hydrogen-bond donors (Lipinski definition) is 1. The Morgan fingerprint density at radius 3 is 2.14 bits per heavy atom. The van der Waals surface area contributed by atoms with Crippen molar-refractivity contribution in [1.29, 1.82) is 0 Å². The Labute approximate surface area is 179 Å². The first kappa shape index (κ1) is 23.8. The van der Waals surface area contributed by atoms with Gasteiger partial charge in [0.05, 0.1) is 0 Å². The average molecular weight is 401 g/mol. The van der Waals surface area contributed by atoms with Gasteiger partial charge in [0.25, 0.3) is 0 Å². The highest BCUT2D eigenvalue weighted by Crippen LogP contribution is 2.44. The minimum absolute atomic E-state index is 0.136. The van der Waals surface area contributed by atoms with Gasteiger partial charge < -0.3 is 9.84 Å². The molecule has 1 heterocycles. The smallest absolute Gasteiger partial charge is 0.127 e. The third-order valence-electron chi connectivity index (χ3n) is 6.78. The Kier molecular flexibility index (Phi) is 9.59. The van der Waals surface area contributed by atoms with E-state index in [4.69, 9.17) is 4.74 Å². The van der Waals surface area contributed by atoms with Crippen molar-refractivity contribution in [1.82, 2.24) is 0 Å². The first-order valence-corrected chi connectivity index (χ1v) is 12.0. The lowest BCUT2D eigenvalue weighted by Gasteiger charge is -2.37. The van der Waals surface area contributed by atoms with E-state index in [0.29, 0.717) is 5.75 Å². The van der Waals surface area contributed by atoms with E-state index >= 15 is 0 Å². The average Bonchev–Trinajstić information content (AvgIpc) is 2.71. The molecule has 0 amide bonds. The zero-order chi connectivity index (χ0) is 21.3. The van der Waals surface area contributed by atoms with E-state index in [1.54, 1.807) is 0 Å². The summed E-state index contributed by atoms with van der Waals surface area (Å²) < 4.78 is 6.50. The van der Waals surface area contributed by atoms with Crippen LogP contribution in [0.5, 0.6) is 11.5 Å². The van der Waals surface area contributed by atoms with E-state index in [9.17, 15) is 5.11 Å². The van der Waals surface area contributed by atoms with Crippen LogP contribution in [0.2, 0.25) is 0 Å². The number of benzene rings is 1. The van der Waals surface area contributed by atoms with Gasteiger partial charge in [-0.1, -0.05) is 70.4 Å². The van der Waals surface area contributed by atoms with Crippen LogP contribution in [0.3, 0.4) is 0 Å². The summed E-state index contributed by atoms with van der Waals surface area (Å²) in [7, 11) is 0. The molecule has 0 spiro atoms. The van der Waals surface area contributed by atoms with Gasteiger partial charge in [0.1, 0.15) is 17.1 Å². The molecule has 2 nitrogen and oxygen atoms in total. The molecule has 2 heteroatoms. The fourth-order valence-corrected chi connectivity index (χ4v) is 4.46. The van der Waals surface area contributed by atoms with Gasteiger partial charge in [-0.15, -0.1) is 0 Å². The van der Waals surface area contributed by atoms with Crippen LogP contribution in [0.1, 0.15) is 113 Å². The zero-order valence-corrected chi connectivity index (χ0v) is 19.7. The Balaban J connectivity index is 1.71. The molecular formula is C27H44O2.